The van der Waals surface area contributed by atoms with Crippen molar-refractivity contribution in [2.45, 2.75) is 39.5 Å². The Bertz CT molecular complexity index is 197. The molecule has 2 aliphatic rings. The predicted molar refractivity (Wildman–Crippen MR) is 48.8 cm³/mol. The third-order valence-corrected chi connectivity index (χ3v) is 4.08. The summed E-state index contributed by atoms with van der Waals surface area (Å²) in [4.78, 5) is 11.5. The number of ketones is 1. The van der Waals surface area contributed by atoms with E-state index in [0.29, 0.717) is 17.6 Å². The molecule has 1 heteroatoms. The van der Waals surface area contributed by atoms with Crippen molar-refractivity contribution >= 4 is 5.78 Å². The summed E-state index contributed by atoms with van der Waals surface area (Å²) in [5, 5.41) is 0. The molecule has 0 heterocycles. The average molecular weight is 166 g/mol. The standard InChI is InChI=1S/C11H18O/c1-3-8-6-9-4-5-10(12)11(9)7(8)2/h7-9,11H,3-6H2,1-2H3/t7-,8+,9-,11+/m0/s1. The number of rotatable bonds is 1. The van der Waals surface area contributed by atoms with Crippen molar-refractivity contribution in [2.75, 3.05) is 0 Å². The van der Waals surface area contributed by atoms with E-state index in [9.17, 15) is 4.79 Å². The Morgan fingerprint density at radius 2 is 2.25 bits per heavy atom. The number of fused-ring (bicyclic) bond motifs is 1. The molecule has 0 aromatic heterocycles. The molecule has 0 radical (unpaired) electrons. The fraction of sp³-hybridized carbons (Fsp3) is 0.909. The number of hydrogen-bond donors (Lipinski definition) is 0. The van der Waals surface area contributed by atoms with Crippen LogP contribution in [0.2, 0.25) is 0 Å². The SMILES string of the molecule is CC[C@@H]1C[C@@H]2CCC(=O)[C@@H]2[C@H]1C. The molecule has 0 aliphatic heterocycles. The van der Waals surface area contributed by atoms with Gasteiger partial charge in [-0.2, -0.15) is 0 Å². The summed E-state index contributed by atoms with van der Waals surface area (Å²) < 4.78 is 0. The van der Waals surface area contributed by atoms with Gasteiger partial charge in [-0.3, -0.25) is 4.79 Å². The highest BCUT2D eigenvalue weighted by atomic mass is 16.1. The lowest BCUT2D eigenvalue weighted by Gasteiger charge is -2.16. The smallest absolute Gasteiger partial charge is 0.136 e. The Labute approximate surface area is 74.5 Å². The van der Waals surface area contributed by atoms with Gasteiger partial charge in [0.05, 0.1) is 0 Å². The van der Waals surface area contributed by atoms with Crippen molar-refractivity contribution in [3.05, 3.63) is 0 Å². The minimum atomic E-state index is 0.454. The van der Waals surface area contributed by atoms with Gasteiger partial charge in [0.25, 0.3) is 0 Å². The zero-order valence-corrected chi connectivity index (χ0v) is 8.05. The average Bonchev–Trinajstić information content (AvgIpc) is 2.55. The van der Waals surface area contributed by atoms with Gasteiger partial charge >= 0.3 is 0 Å². The summed E-state index contributed by atoms with van der Waals surface area (Å²) in [5.41, 5.74) is 0. The Kier molecular flexibility index (Phi) is 1.97. The Morgan fingerprint density at radius 1 is 1.50 bits per heavy atom. The zero-order chi connectivity index (χ0) is 8.72. The van der Waals surface area contributed by atoms with Gasteiger partial charge in [-0.1, -0.05) is 20.3 Å². The van der Waals surface area contributed by atoms with E-state index in [-0.39, 0.29) is 0 Å². The third-order valence-electron chi connectivity index (χ3n) is 4.08. The molecule has 0 amide bonds. The first-order valence-electron chi connectivity index (χ1n) is 5.26. The molecule has 0 N–H and O–H groups in total. The molecule has 2 saturated carbocycles. The first-order valence-corrected chi connectivity index (χ1v) is 5.26. The normalized spacial score (nSPS) is 46.7. The lowest BCUT2D eigenvalue weighted by molar-refractivity contribution is -0.122. The molecule has 0 aromatic carbocycles. The molecule has 68 valence electrons. The highest BCUT2D eigenvalue weighted by molar-refractivity contribution is 5.84. The highest BCUT2D eigenvalue weighted by Crippen LogP contribution is 2.49. The van der Waals surface area contributed by atoms with Crippen LogP contribution in [-0.4, -0.2) is 5.78 Å². The summed E-state index contributed by atoms with van der Waals surface area (Å²) in [6.07, 6.45) is 4.65. The van der Waals surface area contributed by atoms with E-state index >= 15 is 0 Å². The summed E-state index contributed by atoms with van der Waals surface area (Å²) in [5.74, 6) is 3.29. The van der Waals surface area contributed by atoms with Gasteiger partial charge in [0, 0.05) is 12.3 Å². The molecule has 2 aliphatic carbocycles. The molecule has 0 unspecified atom stereocenters. The number of hydrogen-bond acceptors (Lipinski definition) is 1. The molecule has 0 aromatic rings. The van der Waals surface area contributed by atoms with Gasteiger partial charge in [0.2, 0.25) is 0 Å². The lowest BCUT2D eigenvalue weighted by Crippen LogP contribution is -2.17. The molecular weight excluding hydrogens is 148 g/mol. The van der Waals surface area contributed by atoms with Crippen molar-refractivity contribution in [2.24, 2.45) is 23.7 Å². The maximum absolute atomic E-state index is 11.5. The summed E-state index contributed by atoms with van der Waals surface area (Å²) in [7, 11) is 0. The molecule has 1 nitrogen and oxygen atoms in total. The van der Waals surface area contributed by atoms with Gasteiger partial charge < -0.3 is 0 Å². The fourth-order valence-corrected chi connectivity index (χ4v) is 3.36. The van der Waals surface area contributed by atoms with Gasteiger partial charge in [-0.25, -0.2) is 0 Å². The van der Waals surface area contributed by atoms with Gasteiger partial charge in [0.15, 0.2) is 0 Å². The second-order valence-electron chi connectivity index (χ2n) is 4.55. The number of carbonyl (C=O) groups excluding carboxylic acids is 1. The maximum atomic E-state index is 11.5. The van der Waals surface area contributed by atoms with Crippen molar-refractivity contribution < 1.29 is 4.79 Å². The second-order valence-corrected chi connectivity index (χ2v) is 4.55. The predicted octanol–water partition coefficient (Wildman–Crippen LogP) is 2.65. The quantitative estimate of drug-likeness (QED) is 0.585. The molecule has 2 fully saturated rings. The summed E-state index contributed by atoms with van der Waals surface area (Å²) in [6.45, 7) is 4.54. The van der Waals surface area contributed by atoms with Crippen LogP contribution in [0.1, 0.15) is 39.5 Å². The lowest BCUT2D eigenvalue weighted by atomic mass is 9.88. The second kappa shape index (κ2) is 2.86. The molecular formula is C11H18O. The van der Waals surface area contributed by atoms with Crippen LogP contribution in [0.4, 0.5) is 0 Å². The Morgan fingerprint density at radius 3 is 2.83 bits per heavy atom. The van der Waals surface area contributed by atoms with E-state index in [1.54, 1.807) is 0 Å². The maximum Gasteiger partial charge on any atom is 0.136 e. The van der Waals surface area contributed by atoms with Crippen LogP contribution in [0.5, 0.6) is 0 Å². The van der Waals surface area contributed by atoms with Crippen LogP contribution >= 0.6 is 0 Å². The van der Waals surface area contributed by atoms with E-state index in [1.807, 2.05) is 0 Å². The van der Waals surface area contributed by atoms with Crippen LogP contribution in [0, 0.1) is 23.7 Å². The van der Waals surface area contributed by atoms with Gasteiger partial charge in [-0.05, 0) is 30.6 Å². The van der Waals surface area contributed by atoms with Crippen LogP contribution in [-0.2, 0) is 4.79 Å². The minimum Gasteiger partial charge on any atom is -0.299 e. The molecule has 0 bridgehead atoms. The highest BCUT2D eigenvalue weighted by Gasteiger charge is 2.46. The molecule has 4 atom stereocenters. The first kappa shape index (κ1) is 8.28. The van der Waals surface area contributed by atoms with E-state index in [0.717, 1.165) is 18.3 Å². The minimum absolute atomic E-state index is 0.454. The number of Topliss-reactive ketones (excluding diaryl/α,β-unsaturated/α-hetero) is 1. The van der Waals surface area contributed by atoms with Crippen LogP contribution in [0.3, 0.4) is 0 Å². The van der Waals surface area contributed by atoms with E-state index in [2.05, 4.69) is 13.8 Å². The molecule has 2 rings (SSSR count). The van der Waals surface area contributed by atoms with E-state index in [1.165, 1.54) is 19.3 Å². The molecule has 0 saturated heterocycles. The Balaban J connectivity index is 2.14. The van der Waals surface area contributed by atoms with Crippen LogP contribution in [0.15, 0.2) is 0 Å². The monoisotopic (exact) mass is 166 g/mol. The Hall–Kier alpha value is -0.330. The molecule has 0 spiro atoms. The topological polar surface area (TPSA) is 17.1 Å². The summed E-state index contributed by atoms with van der Waals surface area (Å²) >= 11 is 0. The molecule has 12 heavy (non-hydrogen) atoms. The first-order chi connectivity index (χ1) is 5.74. The van der Waals surface area contributed by atoms with Crippen molar-refractivity contribution in [1.29, 1.82) is 0 Å². The van der Waals surface area contributed by atoms with Crippen molar-refractivity contribution in [3.8, 4) is 0 Å². The van der Waals surface area contributed by atoms with E-state index in [4.69, 9.17) is 0 Å². The number of carbonyl (C=O) groups is 1. The largest absolute Gasteiger partial charge is 0.299 e. The van der Waals surface area contributed by atoms with Crippen LogP contribution in [0.25, 0.3) is 0 Å². The van der Waals surface area contributed by atoms with Gasteiger partial charge in [-0.15, -0.1) is 0 Å². The summed E-state index contributed by atoms with van der Waals surface area (Å²) in [6, 6.07) is 0. The third kappa shape index (κ3) is 1.02. The van der Waals surface area contributed by atoms with Crippen molar-refractivity contribution in [1.82, 2.24) is 0 Å². The van der Waals surface area contributed by atoms with Gasteiger partial charge in [0.1, 0.15) is 5.78 Å². The zero-order valence-electron chi connectivity index (χ0n) is 8.05. The van der Waals surface area contributed by atoms with Crippen LogP contribution < -0.4 is 0 Å². The van der Waals surface area contributed by atoms with E-state index < -0.39 is 0 Å². The fourth-order valence-electron chi connectivity index (χ4n) is 3.36. The van der Waals surface area contributed by atoms with Crippen molar-refractivity contribution in [3.63, 3.8) is 0 Å².